The largest absolute Gasteiger partial charge is 0.497 e. The number of hydrogen-bond donors (Lipinski definition) is 0. The predicted molar refractivity (Wildman–Crippen MR) is 74.7 cm³/mol. The van der Waals surface area contributed by atoms with Crippen LogP contribution in [0, 0.1) is 11.3 Å². The summed E-state index contributed by atoms with van der Waals surface area (Å²) in [5.74, 6) is 0.385. The number of carbonyl (C=O) groups excluding carboxylic acids is 1. The number of ether oxygens (including phenoxy) is 1. The highest BCUT2D eigenvalue weighted by Gasteiger charge is 2.15. The van der Waals surface area contributed by atoms with Gasteiger partial charge in [-0.1, -0.05) is 6.07 Å². The van der Waals surface area contributed by atoms with Gasteiger partial charge >= 0.3 is 0 Å². The number of nitriles is 1. The first-order chi connectivity index (χ1) is 9.65. The molecule has 1 aromatic carbocycles. The van der Waals surface area contributed by atoms with Crippen LogP contribution in [-0.4, -0.2) is 25.0 Å². The normalized spacial score (nSPS) is 9.65. The molecule has 0 saturated carbocycles. The smallest absolute Gasteiger partial charge is 0.276 e. The van der Waals surface area contributed by atoms with Crippen molar-refractivity contribution in [2.75, 3.05) is 19.1 Å². The van der Waals surface area contributed by atoms with E-state index in [9.17, 15) is 4.79 Å². The Morgan fingerprint density at radius 2 is 2.15 bits per heavy atom. The first-order valence-electron chi connectivity index (χ1n) is 5.94. The van der Waals surface area contributed by atoms with Crippen molar-refractivity contribution < 1.29 is 9.53 Å². The monoisotopic (exact) mass is 267 g/mol. The molecule has 0 radical (unpaired) electrons. The third-order valence-corrected chi connectivity index (χ3v) is 2.85. The summed E-state index contributed by atoms with van der Waals surface area (Å²) < 4.78 is 5.13. The Kier molecular flexibility index (Phi) is 3.96. The van der Waals surface area contributed by atoms with E-state index in [1.807, 2.05) is 6.07 Å². The van der Waals surface area contributed by atoms with E-state index in [1.54, 1.807) is 44.5 Å². The van der Waals surface area contributed by atoms with Crippen LogP contribution in [0.2, 0.25) is 0 Å². The van der Waals surface area contributed by atoms with Crippen molar-refractivity contribution in [2.45, 2.75) is 0 Å². The summed E-state index contributed by atoms with van der Waals surface area (Å²) in [6.07, 6.45) is 1.45. The number of benzene rings is 1. The van der Waals surface area contributed by atoms with E-state index < -0.39 is 0 Å². The lowest BCUT2D eigenvalue weighted by molar-refractivity contribution is 0.0988. The zero-order valence-corrected chi connectivity index (χ0v) is 11.2. The van der Waals surface area contributed by atoms with Crippen LogP contribution in [0.25, 0.3) is 0 Å². The van der Waals surface area contributed by atoms with Gasteiger partial charge in [-0.2, -0.15) is 5.26 Å². The first-order valence-corrected chi connectivity index (χ1v) is 5.94. The average molecular weight is 267 g/mol. The second-order valence-electron chi connectivity index (χ2n) is 4.11. The van der Waals surface area contributed by atoms with E-state index in [2.05, 4.69) is 4.98 Å². The minimum atomic E-state index is -0.282. The Morgan fingerprint density at radius 3 is 2.85 bits per heavy atom. The van der Waals surface area contributed by atoms with Crippen LogP contribution in [0.15, 0.2) is 42.6 Å². The van der Waals surface area contributed by atoms with E-state index >= 15 is 0 Å². The highest BCUT2D eigenvalue weighted by atomic mass is 16.5. The van der Waals surface area contributed by atoms with Crippen LogP contribution >= 0.6 is 0 Å². The SMILES string of the molecule is COc1cccc(N(C)C(=O)c2cc(C#N)ccn2)c1. The van der Waals surface area contributed by atoms with Gasteiger partial charge in [0.1, 0.15) is 11.4 Å². The summed E-state index contributed by atoms with van der Waals surface area (Å²) in [6.45, 7) is 0. The number of aromatic nitrogens is 1. The molecule has 0 N–H and O–H groups in total. The summed E-state index contributed by atoms with van der Waals surface area (Å²) in [5, 5.41) is 8.85. The maximum atomic E-state index is 12.3. The van der Waals surface area contributed by atoms with Crippen LogP contribution in [0.4, 0.5) is 5.69 Å². The zero-order valence-electron chi connectivity index (χ0n) is 11.2. The van der Waals surface area contributed by atoms with Gasteiger partial charge in [0.2, 0.25) is 0 Å². The van der Waals surface area contributed by atoms with Crippen molar-refractivity contribution in [3.8, 4) is 11.8 Å². The Morgan fingerprint density at radius 1 is 1.35 bits per heavy atom. The van der Waals surface area contributed by atoms with Crippen molar-refractivity contribution in [1.29, 1.82) is 5.26 Å². The highest BCUT2D eigenvalue weighted by molar-refractivity contribution is 6.04. The molecule has 1 amide bonds. The van der Waals surface area contributed by atoms with E-state index in [-0.39, 0.29) is 11.6 Å². The molecule has 0 saturated heterocycles. The van der Waals surface area contributed by atoms with Gasteiger partial charge in [-0.25, -0.2) is 0 Å². The number of rotatable bonds is 3. The second-order valence-corrected chi connectivity index (χ2v) is 4.11. The third kappa shape index (κ3) is 2.75. The van der Waals surface area contributed by atoms with Gasteiger partial charge in [-0.15, -0.1) is 0 Å². The lowest BCUT2D eigenvalue weighted by Gasteiger charge is -2.17. The summed E-state index contributed by atoms with van der Waals surface area (Å²) in [7, 11) is 3.22. The number of carbonyl (C=O) groups is 1. The molecule has 2 aromatic rings. The molecule has 5 heteroatoms. The molecule has 0 atom stereocenters. The van der Waals surface area contributed by atoms with E-state index in [0.717, 1.165) is 0 Å². The van der Waals surface area contributed by atoms with Crippen molar-refractivity contribution in [3.63, 3.8) is 0 Å². The van der Waals surface area contributed by atoms with Gasteiger partial charge in [0.15, 0.2) is 0 Å². The van der Waals surface area contributed by atoms with Gasteiger partial charge in [0.25, 0.3) is 5.91 Å². The lowest BCUT2D eigenvalue weighted by Crippen LogP contribution is -2.27. The summed E-state index contributed by atoms with van der Waals surface area (Å²) in [6, 6.07) is 12.2. The fourth-order valence-corrected chi connectivity index (χ4v) is 1.73. The van der Waals surface area contributed by atoms with Crippen molar-refractivity contribution in [2.24, 2.45) is 0 Å². The van der Waals surface area contributed by atoms with Crippen molar-refractivity contribution >= 4 is 11.6 Å². The van der Waals surface area contributed by atoms with Crippen LogP contribution in [0.3, 0.4) is 0 Å². The molecule has 1 heterocycles. The highest BCUT2D eigenvalue weighted by Crippen LogP contribution is 2.21. The van der Waals surface area contributed by atoms with Gasteiger partial charge in [0, 0.05) is 25.0 Å². The molecule has 0 bridgehead atoms. The molecule has 0 aliphatic heterocycles. The molecule has 20 heavy (non-hydrogen) atoms. The molecular formula is C15H13N3O2. The molecule has 0 aliphatic carbocycles. The Balaban J connectivity index is 2.30. The second kappa shape index (κ2) is 5.85. The van der Waals surface area contributed by atoms with Crippen molar-refractivity contribution in [3.05, 3.63) is 53.9 Å². The summed E-state index contributed by atoms with van der Waals surface area (Å²) in [4.78, 5) is 17.8. The first kappa shape index (κ1) is 13.6. The van der Waals surface area contributed by atoms with Gasteiger partial charge in [-0.05, 0) is 24.3 Å². The number of nitrogens with zero attached hydrogens (tertiary/aromatic N) is 3. The van der Waals surface area contributed by atoms with Crippen LogP contribution < -0.4 is 9.64 Å². The van der Waals surface area contributed by atoms with E-state index in [0.29, 0.717) is 17.0 Å². The van der Waals surface area contributed by atoms with Gasteiger partial charge in [-0.3, -0.25) is 9.78 Å². The average Bonchev–Trinajstić information content (AvgIpc) is 2.53. The zero-order chi connectivity index (χ0) is 14.5. The minimum Gasteiger partial charge on any atom is -0.497 e. The quantitative estimate of drug-likeness (QED) is 0.855. The van der Waals surface area contributed by atoms with Gasteiger partial charge in [0.05, 0.1) is 18.7 Å². The van der Waals surface area contributed by atoms with Crippen molar-refractivity contribution in [1.82, 2.24) is 4.98 Å². The summed E-state index contributed by atoms with van der Waals surface area (Å²) >= 11 is 0. The summed E-state index contributed by atoms with van der Waals surface area (Å²) in [5.41, 5.74) is 1.33. The molecule has 5 nitrogen and oxygen atoms in total. The Labute approximate surface area is 117 Å². The maximum Gasteiger partial charge on any atom is 0.276 e. The maximum absolute atomic E-state index is 12.3. The Bertz CT molecular complexity index is 677. The minimum absolute atomic E-state index is 0.231. The van der Waals surface area contributed by atoms with E-state index in [1.165, 1.54) is 17.2 Å². The molecule has 0 unspecified atom stereocenters. The van der Waals surface area contributed by atoms with E-state index in [4.69, 9.17) is 10.00 Å². The number of amides is 1. The molecule has 0 aliphatic rings. The number of hydrogen-bond acceptors (Lipinski definition) is 4. The molecule has 0 fully saturated rings. The van der Waals surface area contributed by atoms with Crippen LogP contribution in [-0.2, 0) is 0 Å². The predicted octanol–water partition coefficient (Wildman–Crippen LogP) is 2.24. The molecule has 1 aromatic heterocycles. The van der Waals surface area contributed by atoms with Gasteiger partial charge < -0.3 is 9.64 Å². The molecule has 0 spiro atoms. The number of anilines is 1. The fraction of sp³-hybridized carbons (Fsp3) is 0.133. The topological polar surface area (TPSA) is 66.2 Å². The van der Waals surface area contributed by atoms with Crippen LogP contribution in [0.1, 0.15) is 16.1 Å². The third-order valence-electron chi connectivity index (χ3n) is 2.85. The number of methoxy groups -OCH3 is 1. The fourth-order valence-electron chi connectivity index (χ4n) is 1.73. The number of pyridine rings is 1. The standard InChI is InChI=1S/C15H13N3O2/c1-18(12-4-3-5-13(9-12)20-2)15(19)14-8-11(10-16)6-7-17-14/h3-9H,1-2H3. The molecular weight excluding hydrogens is 254 g/mol. The van der Waals surface area contributed by atoms with Crippen LogP contribution in [0.5, 0.6) is 5.75 Å². The lowest BCUT2D eigenvalue weighted by atomic mass is 10.2. The molecule has 2 rings (SSSR count). The molecule has 100 valence electrons. The Hall–Kier alpha value is -2.87.